The van der Waals surface area contributed by atoms with Crippen LogP contribution in [-0.2, 0) is 6.42 Å². The van der Waals surface area contributed by atoms with Gasteiger partial charge in [0, 0.05) is 17.5 Å². The Bertz CT molecular complexity index is 429. The van der Waals surface area contributed by atoms with Crippen LogP contribution in [0.2, 0.25) is 0 Å². The summed E-state index contributed by atoms with van der Waals surface area (Å²) in [5.41, 5.74) is 22.3. The van der Waals surface area contributed by atoms with Crippen LogP contribution in [0.4, 0.5) is 0 Å². The van der Waals surface area contributed by atoms with E-state index in [1.54, 1.807) is 0 Å². The van der Waals surface area contributed by atoms with Crippen LogP contribution >= 0.6 is 0 Å². The van der Waals surface area contributed by atoms with Gasteiger partial charge in [0.15, 0.2) is 0 Å². The minimum atomic E-state index is -0.624. The Morgan fingerprint density at radius 2 is 1.75 bits per heavy atom. The number of hydrogen-bond donors (Lipinski definition) is 4. The topological polar surface area (TPSA) is 138 Å². The molecule has 0 spiro atoms. The van der Waals surface area contributed by atoms with Crippen molar-refractivity contribution in [3.05, 3.63) is 34.9 Å². The van der Waals surface area contributed by atoms with E-state index in [1.165, 1.54) is 18.2 Å². The first-order valence-electron chi connectivity index (χ1n) is 4.65. The highest BCUT2D eigenvalue weighted by Crippen LogP contribution is 2.12. The standard InChI is InChI=1S/C10H14N4O2/c11-8(12)4-6-3-5(9(13)15)1-2-7(6)10(14)16/h1-3,8H,4,11-12H2,(H2,13,15)(H2,14,16). The van der Waals surface area contributed by atoms with Crippen LogP contribution in [0, 0.1) is 0 Å². The molecule has 0 atom stereocenters. The zero-order valence-electron chi connectivity index (χ0n) is 8.64. The molecule has 0 aliphatic carbocycles. The molecule has 16 heavy (non-hydrogen) atoms. The fourth-order valence-electron chi connectivity index (χ4n) is 1.41. The summed E-state index contributed by atoms with van der Waals surface area (Å²) in [5.74, 6) is -1.17. The zero-order chi connectivity index (χ0) is 12.3. The average Bonchev–Trinajstić information content (AvgIpc) is 2.15. The molecule has 0 fully saturated rings. The van der Waals surface area contributed by atoms with Crippen molar-refractivity contribution in [2.75, 3.05) is 0 Å². The maximum absolute atomic E-state index is 11.1. The minimum absolute atomic E-state index is 0.249. The Hall–Kier alpha value is -1.92. The van der Waals surface area contributed by atoms with Crippen LogP contribution in [-0.4, -0.2) is 18.0 Å². The molecular formula is C10H14N4O2. The molecule has 0 aliphatic heterocycles. The highest BCUT2D eigenvalue weighted by atomic mass is 16.1. The molecule has 2 amide bonds. The second-order valence-corrected chi connectivity index (χ2v) is 3.47. The molecule has 8 N–H and O–H groups in total. The van der Waals surface area contributed by atoms with Gasteiger partial charge in [0.2, 0.25) is 11.8 Å². The van der Waals surface area contributed by atoms with Crippen molar-refractivity contribution in [2.45, 2.75) is 12.6 Å². The predicted molar refractivity (Wildman–Crippen MR) is 59.3 cm³/mol. The van der Waals surface area contributed by atoms with Gasteiger partial charge in [0.05, 0.1) is 6.17 Å². The molecule has 6 heteroatoms. The Morgan fingerprint density at radius 1 is 1.12 bits per heavy atom. The Kier molecular flexibility index (Phi) is 3.60. The SMILES string of the molecule is NC(=O)c1ccc(C(N)=O)c(CC(N)N)c1. The monoisotopic (exact) mass is 222 g/mol. The summed E-state index contributed by atoms with van der Waals surface area (Å²) in [5, 5.41) is 0. The quantitative estimate of drug-likeness (QED) is 0.469. The molecule has 1 rings (SSSR count). The molecule has 86 valence electrons. The van der Waals surface area contributed by atoms with Gasteiger partial charge >= 0.3 is 0 Å². The Morgan fingerprint density at radius 3 is 2.19 bits per heavy atom. The van der Waals surface area contributed by atoms with Crippen molar-refractivity contribution in [2.24, 2.45) is 22.9 Å². The number of primary amides is 2. The maximum Gasteiger partial charge on any atom is 0.248 e. The van der Waals surface area contributed by atoms with Gasteiger partial charge in [-0.2, -0.15) is 0 Å². The Balaban J connectivity index is 3.21. The molecule has 0 radical (unpaired) electrons. The number of carbonyl (C=O) groups is 2. The van der Waals surface area contributed by atoms with Crippen LogP contribution in [0.5, 0.6) is 0 Å². The van der Waals surface area contributed by atoms with Crippen LogP contribution in [0.15, 0.2) is 18.2 Å². The highest BCUT2D eigenvalue weighted by molar-refractivity contribution is 5.97. The lowest BCUT2D eigenvalue weighted by atomic mass is 9.99. The van der Waals surface area contributed by atoms with Crippen LogP contribution in [0.1, 0.15) is 26.3 Å². The summed E-state index contributed by atoms with van der Waals surface area (Å²) < 4.78 is 0. The number of hydrogen-bond acceptors (Lipinski definition) is 4. The number of benzene rings is 1. The summed E-state index contributed by atoms with van der Waals surface area (Å²) in [6, 6.07) is 4.36. The molecule has 0 aliphatic rings. The van der Waals surface area contributed by atoms with Crippen molar-refractivity contribution in [1.29, 1.82) is 0 Å². The van der Waals surface area contributed by atoms with E-state index >= 15 is 0 Å². The number of rotatable bonds is 4. The third-order valence-electron chi connectivity index (χ3n) is 2.11. The third kappa shape index (κ3) is 2.78. The smallest absolute Gasteiger partial charge is 0.248 e. The van der Waals surface area contributed by atoms with Gasteiger partial charge in [-0.05, 0) is 23.8 Å². The molecule has 6 nitrogen and oxygen atoms in total. The molecule has 0 aromatic heterocycles. The minimum Gasteiger partial charge on any atom is -0.366 e. The van der Waals surface area contributed by atoms with Crippen molar-refractivity contribution < 1.29 is 9.59 Å². The largest absolute Gasteiger partial charge is 0.366 e. The van der Waals surface area contributed by atoms with E-state index in [2.05, 4.69) is 0 Å². The van der Waals surface area contributed by atoms with Crippen molar-refractivity contribution in [1.82, 2.24) is 0 Å². The fourth-order valence-corrected chi connectivity index (χ4v) is 1.41. The summed E-state index contributed by atoms with van der Waals surface area (Å²) in [6.45, 7) is 0. The van der Waals surface area contributed by atoms with Crippen molar-refractivity contribution in [3.63, 3.8) is 0 Å². The van der Waals surface area contributed by atoms with Crippen LogP contribution in [0.25, 0.3) is 0 Å². The fraction of sp³-hybridized carbons (Fsp3) is 0.200. The van der Waals surface area contributed by atoms with E-state index in [-0.39, 0.29) is 6.42 Å². The van der Waals surface area contributed by atoms with E-state index in [4.69, 9.17) is 22.9 Å². The molecule has 0 bridgehead atoms. The molecule has 1 aromatic carbocycles. The van der Waals surface area contributed by atoms with Crippen molar-refractivity contribution in [3.8, 4) is 0 Å². The average molecular weight is 222 g/mol. The van der Waals surface area contributed by atoms with Crippen LogP contribution in [0.3, 0.4) is 0 Å². The summed E-state index contributed by atoms with van der Waals surface area (Å²) in [4.78, 5) is 22.1. The third-order valence-corrected chi connectivity index (χ3v) is 2.11. The van der Waals surface area contributed by atoms with Gasteiger partial charge < -0.3 is 22.9 Å². The van der Waals surface area contributed by atoms with Gasteiger partial charge in [-0.1, -0.05) is 0 Å². The number of amides is 2. The lowest BCUT2D eigenvalue weighted by molar-refractivity contribution is 0.0987. The second kappa shape index (κ2) is 4.73. The first-order valence-corrected chi connectivity index (χ1v) is 4.65. The summed E-state index contributed by atoms with van der Waals surface area (Å²) >= 11 is 0. The highest BCUT2D eigenvalue weighted by Gasteiger charge is 2.12. The molecule has 0 heterocycles. The Labute approximate surface area is 92.6 Å². The van der Waals surface area contributed by atoms with E-state index in [1.807, 2.05) is 0 Å². The van der Waals surface area contributed by atoms with Crippen LogP contribution < -0.4 is 22.9 Å². The maximum atomic E-state index is 11.1. The summed E-state index contributed by atoms with van der Waals surface area (Å²) in [6.07, 6.45) is -0.374. The first kappa shape index (κ1) is 12.2. The second-order valence-electron chi connectivity index (χ2n) is 3.47. The van der Waals surface area contributed by atoms with Gasteiger partial charge in [-0.25, -0.2) is 0 Å². The lowest BCUT2D eigenvalue weighted by Gasteiger charge is -2.10. The first-order chi connectivity index (χ1) is 7.41. The molecule has 0 unspecified atom stereocenters. The van der Waals surface area contributed by atoms with Gasteiger partial charge in [-0.3, -0.25) is 9.59 Å². The lowest BCUT2D eigenvalue weighted by Crippen LogP contribution is -2.33. The van der Waals surface area contributed by atoms with E-state index < -0.39 is 18.0 Å². The van der Waals surface area contributed by atoms with Gasteiger partial charge in [0.25, 0.3) is 0 Å². The number of nitrogens with two attached hydrogens (primary N) is 4. The van der Waals surface area contributed by atoms with E-state index in [0.29, 0.717) is 16.7 Å². The molecule has 0 saturated carbocycles. The summed E-state index contributed by atoms with van der Waals surface area (Å²) in [7, 11) is 0. The van der Waals surface area contributed by atoms with Gasteiger partial charge in [0.1, 0.15) is 0 Å². The van der Waals surface area contributed by atoms with E-state index in [0.717, 1.165) is 0 Å². The van der Waals surface area contributed by atoms with Crippen molar-refractivity contribution >= 4 is 11.8 Å². The van der Waals surface area contributed by atoms with E-state index in [9.17, 15) is 9.59 Å². The normalized spacial score (nSPS) is 10.4. The predicted octanol–water partition coefficient (Wildman–Crippen LogP) is -1.33. The molecular weight excluding hydrogens is 208 g/mol. The molecule has 1 aromatic rings. The zero-order valence-corrected chi connectivity index (χ0v) is 8.64. The molecule has 0 saturated heterocycles. The number of carbonyl (C=O) groups excluding carboxylic acids is 2. The van der Waals surface area contributed by atoms with Gasteiger partial charge in [-0.15, -0.1) is 0 Å².